The van der Waals surface area contributed by atoms with Crippen LogP contribution < -0.4 is 16.4 Å². The molecule has 0 atom stereocenters. The molecule has 2 aromatic carbocycles. The molecular weight excluding hydrogens is 455 g/mol. The zero-order valence-corrected chi connectivity index (χ0v) is 17.3. The first-order valence-corrected chi connectivity index (χ1v) is 8.00. The van der Waals surface area contributed by atoms with Gasteiger partial charge < -0.3 is 18.9 Å². The number of amides is 3. The zero-order chi connectivity index (χ0) is 21.3. The number of rotatable bonds is 4. The Balaban J connectivity index is 0.00000240. The van der Waals surface area contributed by atoms with Crippen LogP contribution in [0, 0.1) is 30.7 Å². The van der Waals surface area contributed by atoms with Crippen molar-refractivity contribution in [3.05, 3.63) is 84.8 Å². The van der Waals surface area contributed by atoms with Crippen LogP contribution >= 0.6 is 0 Å². The van der Waals surface area contributed by atoms with Gasteiger partial charge in [-0.1, -0.05) is 6.07 Å². The molecular formula is C20H15F4N4O2V-. The van der Waals surface area contributed by atoms with Gasteiger partial charge in [0.25, 0.3) is 5.91 Å². The van der Waals surface area contributed by atoms with Crippen molar-refractivity contribution in [2.75, 3.05) is 4.90 Å². The van der Waals surface area contributed by atoms with Gasteiger partial charge in [0.2, 0.25) is 0 Å². The van der Waals surface area contributed by atoms with Gasteiger partial charge in [0, 0.05) is 30.2 Å². The second-order valence-electron chi connectivity index (χ2n) is 5.80. The third-order valence-corrected chi connectivity index (χ3v) is 3.94. The number of hydrogen-bond donors (Lipinski definition) is 2. The number of benzene rings is 2. The van der Waals surface area contributed by atoms with Gasteiger partial charge in [-0.15, -0.1) is 0 Å². The number of hydrogen-bond acceptors (Lipinski definition) is 3. The zero-order valence-electron chi connectivity index (χ0n) is 15.9. The van der Waals surface area contributed by atoms with E-state index in [0.717, 1.165) is 42.5 Å². The first-order chi connectivity index (χ1) is 13.7. The van der Waals surface area contributed by atoms with E-state index in [9.17, 15) is 27.2 Å². The molecule has 0 unspecified atom stereocenters. The van der Waals surface area contributed by atoms with Crippen molar-refractivity contribution < 1.29 is 45.7 Å². The summed E-state index contributed by atoms with van der Waals surface area (Å²) >= 11 is 0. The maximum atomic E-state index is 14.3. The molecule has 1 radical (unpaired) electrons. The summed E-state index contributed by atoms with van der Waals surface area (Å²) in [4.78, 5) is 28.0. The summed E-state index contributed by atoms with van der Waals surface area (Å²) in [6.07, 6.45) is 0. The van der Waals surface area contributed by atoms with Crippen molar-refractivity contribution in [2.45, 2.75) is 0 Å². The van der Waals surface area contributed by atoms with Gasteiger partial charge in [-0.2, -0.15) is 0 Å². The van der Waals surface area contributed by atoms with Gasteiger partial charge >= 0.3 is 6.03 Å². The second-order valence-corrected chi connectivity index (χ2v) is 5.80. The Morgan fingerprint density at radius 3 is 2.00 bits per heavy atom. The summed E-state index contributed by atoms with van der Waals surface area (Å²) in [5, 5.41) is 0. The molecule has 1 heterocycles. The van der Waals surface area contributed by atoms with E-state index >= 15 is 0 Å². The summed E-state index contributed by atoms with van der Waals surface area (Å²) in [7, 11) is 0. The molecule has 0 aliphatic rings. The number of pyridine rings is 1. The average molecular weight is 470 g/mol. The third kappa shape index (κ3) is 5.04. The molecule has 0 bridgehead atoms. The average Bonchev–Trinajstić information content (AvgIpc) is 2.64. The molecule has 3 rings (SSSR count). The molecule has 0 spiro atoms. The molecule has 6 nitrogen and oxygen atoms in total. The fourth-order valence-electron chi connectivity index (χ4n) is 2.70. The molecule has 0 fully saturated rings. The molecule has 0 aliphatic heterocycles. The first kappa shape index (κ1) is 25.7. The topological polar surface area (TPSA) is 102 Å². The van der Waals surface area contributed by atoms with Crippen LogP contribution in [-0.2, 0) is 18.6 Å². The van der Waals surface area contributed by atoms with Crippen molar-refractivity contribution in [1.29, 1.82) is 0 Å². The van der Waals surface area contributed by atoms with E-state index in [0.29, 0.717) is 11.0 Å². The summed E-state index contributed by atoms with van der Waals surface area (Å²) in [6.45, 7) is 0. The summed E-state index contributed by atoms with van der Waals surface area (Å²) in [6, 6.07) is 6.19. The number of nitrogens with zero attached hydrogens (tertiary/aromatic N) is 2. The number of anilines is 2. The van der Waals surface area contributed by atoms with Crippen LogP contribution in [0.5, 0.6) is 0 Å². The number of carbonyl (C=O) groups is 2. The maximum absolute atomic E-state index is 14.3. The number of para-hydroxylation sites is 1. The number of aromatic nitrogens is 1. The van der Waals surface area contributed by atoms with Crippen LogP contribution in [0.4, 0.5) is 33.9 Å². The number of primary amides is 2. The van der Waals surface area contributed by atoms with Gasteiger partial charge in [-0.3, -0.25) is 4.79 Å². The Morgan fingerprint density at radius 1 is 0.871 bits per heavy atom. The Bertz CT molecular complexity index is 1120. The quantitative estimate of drug-likeness (QED) is 0.444. The molecule has 0 aliphatic carbocycles. The molecule has 4 N–H and O–H groups in total. The van der Waals surface area contributed by atoms with Gasteiger partial charge in [-0.25, -0.2) is 32.2 Å². The van der Waals surface area contributed by atoms with Crippen molar-refractivity contribution >= 4 is 23.4 Å². The van der Waals surface area contributed by atoms with Crippen molar-refractivity contribution in [3.63, 3.8) is 0 Å². The predicted octanol–water partition coefficient (Wildman–Crippen LogP) is 4.07. The van der Waals surface area contributed by atoms with Crippen LogP contribution in [0.25, 0.3) is 11.3 Å². The van der Waals surface area contributed by atoms with Crippen molar-refractivity contribution in [2.24, 2.45) is 11.5 Å². The molecule has 31 heavy (non-hydrogen) atoms. The number of halogens is 4. The van der Waals surface area contributed by atoms with Gasteiger partial charge in [0.15, 0.2) is 0 Å². The fraction of sp³-hybridized carbons (Fsp3) is 0. The van der Waals surface area contributed by atoms with E-state index in [1.165, 1.54) is 0 Å². The van der Waals surface area contributed by atoms with Crippen LogP contribution in [0.1, 0.15) is 10.4 Å². The fourth-order valence-corrected chi connectivity index (χ4v) is 2.70. The van der Waals surface area contributed by atoms with E-state index in [1.54, 1.807) is 0 Å². The van der Waals surface area contributed by atoms with E-state index in [2.05, 4.69) is 4.98 Å². The number of carbonyl (C=O) groups excluding carboxylic acids is 2. The normalized spacial score (nSPS) is 9.94. The minimum absolute atomic E-state index is 0. The molecule has 11 heteroatoms. The molecule has 161 valence electrons. The van der Waals surface area contributed by atoms with E-state index in [4.69, 9.17) is 11.5 Å². The smallest absolute Gasteiger partial charge is 0.325 e. The van der Waals surface area contributed by atoms with Crippen LogP contribution in [0.3, 0.4) is 0 Å². The van der Waals surface area contributed by atoms with E-state index in [1.807, 2.05) is 0 Å². The molecule has 3 amide bonds. The Kier molecular flexibility index (Phi) is 8.36. The second kappa shape index (κ2) is 10.1. The SMILES string of the molecule is NC(=O)c1ccc(N(C(N)=O)c2c(F)cccc2F)nc1-c1ccc(F)cc1F.[CH3-].[V]. The number of urea groups is 1. The predicted molar refractivity (Wildman–Crippen MR) is 103 cm³/mol. The number of nitrogens with two attached hydrogens (primary N) is 2. The van der Waals surface area contributed by atoms with Crippen molar-refractivity contribution in [3.8, 4) is 11.3 Å². The van der Waals surface area contributed by atoms with E-state index < -0.39 is 46.7 Å². The monoisotopic (exact) mass is 470 g/mol. The van der Waals surface area contributed by atoms with Crippen LogP contribution in [-0.4, -0.2) is 16.9 Å². The third-order valence-electron chi connectivity index (χ3n) is 3.94. The van der Waals surface area contributed by atoms with Gasteiger partial charge in [0.05, 0.1) is 11.3 Å². The largest absolute Gasteiger partial charge is 0.366 e. The Labute approximate surface area is 186 Å². The minimum atomic E-state index is -1.29. The summed E-state index contributed by atoms with van der Waals surface area (Å²) < 4.78 is 55.9. The Morgan fingerprint density at radius 2 is 1.48 bits per heavy atom. The van der Waals surface area contributed by atoms with E-state index in [-0.39, 0.29) is 42.8 Å². The Hall–Kier alpha value is -3.37. The molecule has 0 saturated carbocycles. The molecule has 1 aromatic heterocycles. The molecule has 3 aromatic rings. The standard InChI is InChI=1S/C19H12F4N4O2.CH3.V/c20-9-4-5-10(14(23)8-9)16-11(18(24)28)6-7-15(26-16)27(19(25)29)17-12(21)2-1-3-13(17)22;;/h1-8H,(H2,24,28)(H2,25,29);1H3;/q;-1;. The summed E-state index contributed by atoms with van der Waals surface area (Å²) in [5.74, 6) is -5.58. The first-order valence-electron chi connectivity index (χ1n) is 8.00. The summed E-state index contributed by atoms with van der Waals surface area (Å²) in [5.41, 5.74) is 8.78. The van der Waals surface area contributed by atoms with Crippen LogP contribution in [0.2, 0.25) is 0 Å². The van der Waals surface area contributed by atoms with Crippen molar-refractivity contribution in [1.82, 2.24) is 4.98 Å². The van der Waals surface area contributed by atoms with Gasteiger partial charge in [-0.05, 0) is 36.4 Å². The van der Waals surface area contributed by atoms with Crippen LogP contribution in [0.15, 0.2) is 48.5 Å². The maximum Gasteiger partial charge on any atom is 0.325 e. The minimum Gasteiger partial charge on any atom is -0.366 e. The van der Waals surface area contributed by atoms with Gasteiger partial charge in [0.1, 0.15) is 34.8 Å². The molecule has 0 saturated heterocycles.